The van der Waals surface area contributed by atoms with E-state index in [4.69, 9.17) is 19.3 Å². The fourth-order valence-electron chi connectivity index (χ4n) is 1.91. The quantitative estimate of drug-likeness (QED) is 0.551. The molecule has 26 heavy (non-hydrogen) atoms. The lowest BCUT2D eigenvalue weighted by atomic mass is 10.3. The number of halogens is 1. The van der Waals surface area contributed by atoms with Gasteiger partial charge in [0.1, 0.15) is 30.5 Å². The standard InChI is InChI=1S/C17H18FNO6S/c1-12(25-15-4-2-13(18)3-5-15)17(20)24-11-10-23-14-6-8-16(9-7-14)26(19,21)22/h2-9,12H,10-11H2,1H3,(H2,19,21,22)/t12-/m0/s1. The van der Waals surface area contributed by atoms with Crippen LogP contribution in [0.1, 0.15) is 6.92 Å². The topological polar surface area (TPSA) is 105 Å². The maximum Gasteiger partial charge on any atom is 0.347 e. The van der Waals surface area contributed by atoms with Crippen molar-refractivity contribution in [3.05, 3.63) is 54.3 Å². The van der Waals surface area contributed by atoms with Crippen molar-refractivity contribution in [1.82, 2.24) is 0 Å². The fourth-order valence-corrected chi connectivity index (χ4v) is 2.43. The van der Waals surface area contributed by atoms with Crippen LogP contribution in [0, 0.1) is 5.82 Å². The summed E-state index contributed by atoms with van der Waals surface area (Å²) in [4.78, 5) is 11.8. The van der Waals surface area contributed by atoms with Crippen molar-refractivity contribution in [3.8, 4) is 11.5 Å². The molecule has 0 amide bonds. The molecule has 2 aromatic carbocycles. The Bertz CT molecular complexity index is 837. The minimum atomic E-state index is -3.75. The Morgan fingerprint density at radius 3 is 2.19 bits per heavy atom. The normalized spacial score (nSPS) is 12.3. The second kappa shape index (κ2) is 8.63. The largest absolute Gasteiger partial charge is 0.490 e. The van der Waals surface area contributed by atoms with Gasteiger partial charge in [-0.25, -0.2) is 22.7 Å². The van der Waals surface area contributed by atoms with Gasteiger partial charge in [0.05, 0.1) is 4.90 Å². The predicted octanol–water partition coefficient (Wildman–Crippen LogP) is 1.86. The minimum Gasteiger partial charge on any atom is -0.490 e. The Morgan fingerprint density at radius 2 is 1.62 bits per heavy atom. The predicted molar refractivity (Wildman–Crippen MR) is 90.8 cm³/mol. The van der Waals surface area contributed by atoms with E-state index in [1.54, 1.807) is 0 Å². The molecule has 2 aromatic rings. The van der Waals surface area contributed by atoms with E-state index in [-0.39, 0.29) is 18.1 Å². The molecule has 0 aromatic heterocycles. The van der Waals surface area contributed by atoms with Crippen LogP contribution in [0.4, 0.5) is 4.39 Å². The summed E-state index contributed by atoms with van der Waals surface area (Å²) in [6.07, 6.45) is -0.866. The molecule has 140 valence electrons. The molecule has 0 saturated heterocycles. The van der Waals surface area contributed by atoms with Gasteiger partial charge in [0.2, 0.25) is 10.0 Å². The van der Waals surface area contributed by atoms with Gasteiger partial charge in [-0.3, -0.25) is 0 Å². The second-order valence-electron chi connectivity index (χ2n) is 5.25. The van der Waals surface area contributed by atoms with Crippen molar-refractivity contribution in [2.24, 2.45) is 5.14 Å². The summed E-state index contributed by atoms with van der Waals surface area (Å²) in [6.45, 7) is 1.56. The number of carbonyl (C=O) groups is 1. The van der Waals surface area contributed by atoms with Gasteiger partial charge in [-0.2, -0.15) is 0 Å². The van der Waals surface area contributed by atoms with Crippen LogP contribution in [0.25, 0.3) is 0 Å². The highest BCUT2D eigenvalue weighted by Crippen LogP contribution is 2.15. The van der Waals surface area contributed by atoms with Gasteiger partial charge >= 0.3 is 5.97 Å². The summed E-state index contributed by atoms with van der Waals surface area (Å²) in [5, 5.41) is 5.00. The number of ether oxygens (including phenoxy) is 3. The van der Waals surface area contributed by atoms with E-state index < -0.39 is 27.9 Å². The van der Waals surface area contributed by atoms with E-state index in [2.05, 4.69) is 0 Å². The summed E-state index contributed by atoms with van der Waals surface area (Å²) in [6, 6.07) is 10.8. The third-order valence-corrected chi connectivity index (χ3v) is 4.14. The summed E-state index contributed by atoms with van der Waals surface area (Å²) >= 11 is 0. The molecule has 2 rings (SSSR count). The molecule has 0 unspecified atom stereocenters. The molecule has 0 aliphatic carbocycles. The third kappa shape index (κ3) is 6.01. The Labute approximate surface area is 150 Å². The van der Waals surface area contributed by atoms with Gasteiger partial charge in [0.15, 0.2) is 6.10 Å². The van der Waals surface area contributed by atoms with Crippen molar-refractivity contribution in [3.63, 3.8) is 0 Å². The van der Waals surface area contributed by atoms with E-state index >= 15 is 0 Å². The fraction of sp³-hybridized carbons (Fsp3) is 0.235. The minimum absolute atomic E-state index is 0.0209. The molecule has 0 fully saturated rings. The maximum absolute atomic E-state index is 12.8. The zero-order valence-corrected chi connectivity index (χ0v) is 14.7. The number of esters is 1. The monoisotopic (exact) mass is 383 g/mol. The second-order valence-corrected chi connectivity index (χ2v) is 6.81. The van der Waals surface area contributed by atoms with Crippen LogP contribution in [0.5, 0.6) is 11.5 Å². The lowest BCUT2D eigenvalue weighted by Crippen LogP contribution is -2.27. The highest BCUT2D eigenvalue weighted by atomic mass is 32.2. The zero-order chi connectivity index (χ0) is 19.2. The summed E-state index contributed by atoms with van der Waals surface area (Å²) < 4.78 is 50.8. The van der Waals surface area contributed by atoms with E-state index in [1.807, 2.05) is 0 Å². The highest BCUT2D eigenvalue weighted by Gasteiger charge is 2.16. The number of primary sulfonamides is 1. The number of benzene rings is 2. The number of rotatable bonds is 8. The summed E-state index contributed by atoms with van der Waals surface area (Å²) in [5.74, 6) is -0.240. The number of hydrogen-bond acceptors (Lipinski definition) is 6. The lowest BCUT2D eigenvalue weighted by molar-refractivity contribution is -0.151. The van der Waals surface area contributed by atoms with Gasteiger partial charge in [-0.1, -0.05) is 0 Å². The van der Waals surface area contributed by atoms with E-state index in [9.17, 15) is 17.6 Å². The summed E-state index contributed by atoms with van der Waals surface area (Å²) in [7, 11) is -3.75. The van der Waals surface area contributed by atoms with Gasteiger partial charge in [0, 0.05) is 0 Å². The average molecular weight is 383 g/mol. The molecule has 0 radical (unpaired) electrons. The molecule has 1 atom stereocenters. The van der Waals surface area contributed by atoms with Crippen LogP contribution >= 0.6 is 0 Å². The van der Waals surface area contributed by atoms with Crippen molar-refractivity contribution in [2.45, 2.75) is 17.9 Å². The Morgan fingerprint density at radius 1 is 1.04 bits per heavy atom. The third-order valence-electron chi connectivity index (χ3n) is 3.21. The molecule has 7 nitrogen and oxygen atoms in total. The van der Waals surface area contributed by atoms with Gasteiger partial charge in [0.25, 0.3) is 0 Å². The maximum atomic E-state index is 12.8. The van der Waals surface area contributed by atoms with Crippen molar-refractivity contribution in [1.29, 1.82) is 0 Å². The van der Waals surface area contributed by atoms with Crippen LogP contribution in [-0.4, -0.2) is 33.7 Å². The van der Waals surface area contributed by atoms with E-state index in [1.165, 1.54) is 55.5 Å². The first-order chi connectivity index (χ1) is 12.3. The molecule has 9 heteroatoms. The lowest BCUT2D eigenvalue weighted by Gasteiger charge is -2.14. The van der Waals surface area contributed by atoms with E-state index in [0.717, 1.165) is 0 Å². The van der Waals surface area contributed by atoms with E-state index in [0.29, 0.717) is 11.5 Å². The molecule has 0 aliphatic heterocycles. The van der Waals surface area contributed by atoms with Crippen LogP contribution in [-0.2, 0) is 19.6 Å². The van der Waals surface area contributed by atoms with Gasteiger partial charge in [-0.15, -0.1) is 0 Å². The number of sulfonamides is 1. The molecule has 2 N–H and O–H groups in total. The first-order valence-electron chi connectivity index (χ1n) is 7.60. The highest BCUT2D eigenvalue weighted by molar-refractivity contribution is 7.89. The average Bonchev–Trinajstić information content (AvgIpc) is 2.60. The van der Waals surface area contributed by atoms with Crippen LogP contribution in [0.3, 0.4) is 0 Å². The first-order valence-corrected chi connectivity index (χ1v) is 9.15. The van der Waals surface area contributed by atoms with Crippen molar-refractivity contribution < 1.29 is 31.8 Å². The smallest absolute Gasteiger partial charge is 0.347 e. The van der Waals surface area contributed by atoms with Crippen LogP contribution in [0.2, 0.25) is 0 Å². The molecule has 0 saturated carbocycles. The van der Waals surface area contributed by atoms with Crippen molar-refractivity contribution in [2.75, 3.05) is 13.2 Å². The van der Waals surface area contributed by atoms with Crippen LogP contribution in [0.15, 0.2) is 53.4 Å². The summed E-state index contributed by atoms with van der Waals surface area (Å²) in [5.41, 5.74) is 0. The van der Waals surface area contributed by atoms with Crippen LogP contribution < -0.4 is 14.6 Å². The molecule has 0 aliphatic rings. The molecule has 0 spiro atoms. The molecular weight excluding hydrogens is 365 g/mol. The number of nitrogens with two attached hydrogens (primary N) is 1. The molecule has 0 bridgehead atoms. The zero-order valence-electron chi connectivity index (χ0n) is 13.9. The Hall–Kier alpha value is -2.65. The molecule has 0 heterocycles. The SMILES string of the molecule is C[C@H](Oc1ccc(F)cc1)C(=O)OCCOc1ccc(S(N)(=O)=O)cc1. The van der Waals surface area contributed by atoms with Gasteiger partial charge in [-0.05, 0) is 55.5 Å². The van der Waals surface area contributed by atoms with Gasteiger partial charge < -0.3 is 14.2 Å². The molecular formula is C17H18FNO6S. The Balaban J connectivity index is 1.73. The Kier molecular flexibility index (Phi) is 6.53. The number of carbonyl (C=O) groups excluding carboxylic acids is 1. The first kappa shape index (κ1) is 19.7. The number of hydrogen-bond donors (Lipinski definition) is 1. The van der Waals surface area contributed by atoms with Crippen molar-refractivity contribution >= 4 is 16.0 Å².